The Labute approximate surface area is 152 Å². The molecule has 2 aliphatic rings. The van der Waals surface area contributed by atoms with Gasteiger partial charge in [-0.15, -0.1) is 0 Å². The lowest BCUT2D eigenvalue weighted by molar-refractivity contribution is 0.0702. The van der Waals surface area contributed by atoms with Crippen molar-refractivity contribution in [2.75, 3.05) is 20.2 Å². The molecule has 1 amide bonds. The second-order valence-electron chi connectivity index (χ2n) is 7.32. The zero-order chi connectivity index (χ0) is 18.1. The Morgan fingerprint density at radius 2 is 2.19 bits per heavy atom. The van der Waals surface area contributed by atoms with Crippen LogP contribution in [0.5, 0.6) is 5.75 Å². The Hall–Kier alpha value is -2.37. The largest absolute Gasteiger partial charge is 0.494 e. The number of carbonyl (C=O) groups is 1. The lowest BCUT2D eigenvalue weighted by Gasteiger charge is -2.33. The van der Waals surface area contributed by atoms with Crippen LogP contribution in [-0.2, 0) is 6.54 Å². The summed E-state index contributed by atoms with van der Waals surface area (Å²) in [5.41, 5.74) is 0.366. The third-order valence-electron chi connectivity index (χ3n) is 5.37. The molecule has 1 aliphatic heterocycles. The molecule has 0 N–H and O–H groups in total. The molecule has 1 saturated heterocycles. The van der Waals surface area contributed by atoms with E-state index in [4.69, 9.17) is 4.74 Å². The van der Waals surface area contributed by atoms with Gasteiger partial charge in [0.1, 0.15) is 5.82 Å². The minimum atomic E-state index is -0.508. The van der Waals surface area contributed by atoms with E-state index in [0.717, 1.165) is 31.1 Å². The van der Waals surface area contributed by atoms with Crippen molar-refractivity contribution in [1.82, 2.24) is 14.5 Å². The molecule has 2 heterocycles. The van der Waals surface area contributed by atoms with Gasteiger partial charge in [-0.05, 0) is 49.8 Å². The van der Waals surface area contributed by atoms with Crippen LogP contribution in [0.2, 0.25) is 0 Å². The molecule has 1 aromatic carbocycles. The van der Waals surface area contributed by atoms with Crippen molar-refractivity contribution in [3.63, 3.8) is 0 Å². The summed E-state index contributed by atoms with van der Waals surface area (Å²) < 4.78 is 21.1. The number of amides is 1. The van der Waals surface area contributed by atoms with Gasteiger partial charge in [0.05, 0.1) is 7.11 Å². The highest BCUT2D eigenvalue weighted by molar-refractivity contribution is 5.94. The van der Waals surface area contributed by atoms with Gasteiger partial charge in [0.25, 0.3) is 5.91 Å². The van der Waals surface area contributed by atoms with Gasteiger partial charge in [0.2, 0.25) is 0 Å². The Bertz CT molecular complexity index is 800. The summed E-state index contributed by atoms with van der Waals surface area (Å²) in [6, 6.07) is 4.40. The number of nitrogens with zero attached hydrogens (tertiary/aromatic N) is 3. The zero-order valence-corrected chi connectivity index (χ0v) is 15.0. The normalized spacial score (nSPS) is 20.2. The lowest BCUT2D eigenvalue weighted by atomic mass is 9.96. The molecule has 0 bridgehead atoms. The molecule has 1 unspecified atom stereocenters. The molecule has 6 heteroatoms. The number of likely N-dealkylation sites (tertiary alicyclic amines) is 1. The van der Waals surface area contributed by atoms with Gasteiger partial charge in [0.15, 0.2) is 11.6 Å². The van der Waals surface area contributed by atoms with Crippen molar-refractivity contribution in [2.45, 2.75) is 38.1 Å². The minimum absolute atomic E-state index is 0.128. The van der Waals surface area contributed by atoms with Crippen LogP contribution in [0.25, 0.3) is 0 Å². The molecule has 0 radical (unpaired) electrons. The van der Waals surface area contributed by atoms with E-state index < -0.39 is 5.82 Å². The van der Waals surface area contributed by atoms with Crippen LogP contribution in [0.15, 0.2) is 30.6 Å². The van der Waals surface area contributed by atoms with Crippen molar-refractivity contribution in [2.24, 2.45) is 5.92 Å². The van der Waals surface area contributed by atoms with E-state index in [0.29, 0.717) is 18.7 Å². The average molecular weight is 357 g/mol. The first-order valence-corrected chi connectivity index (χ1v) is 9.29. The Kier molecular flexibility index (Phi) is 4.66. The fraction of sp³-hybridized carbons (Fsp3) is 0.500. The maximum atomic E-state index is 13.9. The summed E-state index contributed by atoms with van der Waals surface area (Å²) in [5, 5.41) is 0. The Morgan fingerprint density at radius 3 is 2.92 bits per heavy atom. The van der Waals surface area contributed by atoms with Crippen LogP contribution >= 0.6 is 0 Å². The van der Waals surface area contributed by atoms with Crippen LogP contribution in [0.3, 0.4) is 0 Å². The summed E-state index contributed by atoms with van der Waals surface area (Å²) in [5.74, 6) is 1.62. The second-order valence-corrected chi connectivity index (χ2v) is 7.32. The fourth-order valence-corrected chi connectivity index (χ4v) is 3.77. The molecule has 1 atom stereocenters. The number of carbonyl (C=O) groups excluding carboxylic acids is 1. The Balaban J connectivity index is 1.48. The maximum absolute atomic E-state index is 13.9. The van der Waals surface area contributed by atoms with Crippen LogP contribution < -0.4 is 4.74 Å². The number of piperidine rings is 1. The standard InChI is InChI=1S/C20H24FN3O2/c1-26-18-7-6-15(11-17(18)21)20(25)24-9-2-3-16(13-24)19-22-8-10-23(19)12-14-4-5-14/h6-8,10-11,14,16H,2-5,9,12-13H2,1H3. The van der Waals surface area contributed by atoms with E-state index in [-0.39, 0.29) is 17.6 Å². The van der Waals surface area contributed by atoms with Crippen LogP contribution in [0.4, 0.5) is 4.39 Å². The molecule has 1 aliphatic carbocycles. The summed E-state index contributed by atoms with van der Waals surface area (Å²) in [7, 11) is 1.42. The van der Waals surface area contributed by atoms with Crippen LogP contribution in [-0.4, -0.2) is 40.6 Å². The van der Waals surface area contributed by atoms with E-state index >= 15 is 0 Å². The van der Waals surface area contributed by atoms with Gasteiger partial charge in [-0.3, -0.25) is 4.79 Å². The molecule has 2 fully saturated rings. The third kappa shape index (κ3) is 3.45. The number of rotatable bonds is 5. The summed E-state index contributed by atoms with van der Waals surface area (Å²) in [6.07, 6.45) is 8.48. The van der Waals surface area contributed by atoms with Gasteiger partial charge in [0, 0.05) is 43.5 Å². The molecule has 0 spiro atoms. The molecule has 26 heavy (non-hydrogen) atoms. The molecule has 4 rings (SSSR count). The Morgan fingerprint density at radius 1 is 1.35 bits per heavy atom. The predicted octanol–water partition coefficient (Wildman–Crippen LogP) is 3.46. The van der Waals surface area contributed by atoms with Gasteiger partial charge in [-0.25, -0.2) is 9.37 Å². The molecular weight excluding hydrogens is 333 g/mol. The number of imidazole rings is 1. The number of hydrogen-bond donors (Lipinski definition) is 0. The van der Waals surface area contributed by atoms with Crippen molar-refractivity contribution < 1.29 is 13.9 Å². The van der Waals surface area contributed by atoms with Crippen molar-refractivity contribution in [3.05, 3.63) is 47.8 Å². The van der Waals surface area contributed by atoms with E-state index in [1.807, 2.05) is 17.3 Å². The van der Waals surface area contributed by atoms with Gasteiger partial charge in [-0.2, -0.15) is 0 Å². The summed E-state index contributed by atoms with van der Waals surface area (Å²) >= 11 is 0. The quantitative estimate of drug-likeness (QED) is 0.823. The predicted molar refractivity (Wildman–Crippen MR) is 95.8 cm³/mol. The highest BCUT2D eigenvalue weighted by Gasteiger charge is 2.30. The lowest BCUT2D eigenvalue weighted by Crippen LogP contribution is -2.39. The SMILES string of the molecule is COc1ccc(C(=O)N2CCCC(c3nccn3CC3CC3)C2)cc1F. The minimum Gasteiger partial charge on any atom is -0.494 e. The molecule has 2 aromatic rings. The van der Waals surface area contributed by atoms with Crippen LogP contribution in [0, 0.1) is 11.7 Å². The number of hydrogen-bond acceptors (Lipinski definition) is 3. The second kappa shape index (κ2) is 7.09. The van der Waals surface area contributed by atoms with E-state index in [2.05, 4.69) is 9.55 Å². The molecule has 138 valence electrons. The van der Waals surface area contributed by atoms with Crippen LogP contribution in [0.1, 0.15) is 47.8 Å². The summed E-state index contributed by atoms with van der Waals surface area (Å²) in [6.45, 7) is 2.37. The highest BCUT2D eigenvalue weighted by Crippen LogP contribution is 2.33. The molecule has 1 aromatic heterocycles. The number of halogens is 1. The van der Waals surface area contributed by atoms with E-state index in [9.17, 15) is 9.18 Å². The van der Waals surface area contributed by atoms with Crippen molar-refractivity contribution >= 4 is 5.91 Å². The monoisotopic (exact) mass is 357 g/mol. The zero-order valence-electron chi connectivity index (χ0n) is 15.0. The molecular formula is C20H24FN3O2. The topological polar surface area (TPSA) is 47.4 Å². The number of benzene rings is 1. The first-order chi connectivity index (χ1) is 12.7. The number of methoxy groups -OCH3 is 1. The third-order valence-corrected chi connectivity index (χ3v) is 5.37. The highest BCUT2D eigenvalue weighted by atomic mass is 19.1. The van der Waals surface area contributed by atoms with Crippen molar-refractivity contribution in [3.8, 4) is 5.75 Å². The van der Waals surface area contributed by atoms with E-state index in [1.165, 1.54) is 32.1 Å². The average Bonchev–Trinajstić information content (AvgIpc) is 3.36. The first kappa shape index (κ1) is 17.1. The van der Waals surface area contributed by atoms with Gasteiger partial charge >= 0.3 is 0 Å². The number of aromatic nitrogens is 2. The smallest absolute Gasteiger partial charge is 0.253 e. The maximum Gasteiger partial charge on any atom is 0.253 e. The van der Waals surface area contributed by atoms with Crippen molar-refractivity contribution in [1.29, 1.82) is 0 Å². The number of ether oxygens (including phenoxy) is 1. The summed E-state index contributed by atoms with van der Waals surface area (Å²) in [4.78, 5) is 19.2. The fourth-order valence-electron chi connectivity index (χ4n) is 3.77. The van der Waals surface area contributed by atoms with Gasteiger partial charge < -0.3 is 14.2 Å². The van der Waals surface area contributed by atoms with E-state index in [1.54, 1.807) is 6.07 Å². The molecule has 1 saturated carbocycles. The molecule has 5 nitrogen and oxygen atoms in total. The van der Waals surface area contributed by atoms with Gasteiger partial charge in [-0.1, -0.05) is 0 Å². The first-order valence-electron chi connectivity index (χ1n) is 9.29.